The summed E-state index contributed by atoms with van der Waals surface area (Å²) in [6.07, 6.45) is 7.41. The van der Waals surface area contributed by atoms with Gasteiger partial charge in [0.2, 0.25) is 11.9 Å². The van der Waals surface area contributed by atoms with Crippen molar-refractivity contribution in [2.75, 3.05) is 37.6 Å². The summed E-state index contributed by atoms with van der Waals surface area (Å²) in [4.78, 5) is 58.5. The molecule has 69 heavy (non-hydrogen) atoms. The Morgan fingerprint density at radius 3 is 2.39 bits per heavy atom. The molecule has 0 radical (unpaired) electrons. The van der Waals surface area contributed by atoms with Crippen LogP contribution in [0.25, 0.3) is 27.7 Å². The van der Waals surface area contributed by atoms with Gasteiger partial charge < -0.3 is 35.6 Å². The molecule has 5 aromatic carbocycles. The third-order valence-electron chi connectivity index (χ3n) is 13.2. The zero-order valence-electron chi connectivity index (χ0n) is 38.4. The topological polar surface area (TPSA) is 166 Å². The van der Waals surface area contributed by atoms with Crippen molar-refractivity contribution < 1.29 is 33.8 Å². The quantitative estimate of drug-likeness (QED) is 0.0632. The van der Waals surface area contributed by atoms with E-state index >= 15 is 0 Å². The van der Waals surface area contributed by atoms with Gasteiger partial charge in [0.1, 0.15) is 11.6 Å². The minimum Gasteiger partial charge on any atom is -0.508 e. The number of phenols is 1. The number of carbonyl (C=O) groups excluding carboxylic acids is 3. The Labute approximate surface area is 404 Å². The summed E-state index contributed by atoms with van der Waals surface area (Å²) < 4.78 is 16.3. The fourth-order valence-electron chi connectivity index (χ4n) is 9.54. The van der Waals surface area contributed by atoms with E-state index in [0.29, 0.717) is 57.3 Å². The van der Waals surface area contributed by atoms with Crippen LogP contribution >= 0.6 is 11.6 Å². The maximum atomic E-state index is 14.1. The Morgan fingerprint density at radius 1 is 0.855 bits per heavy atom. The summed E-state index contributed by atoms with van der Waals surface area (Å²) in [6, 6.07) is 24.9. The maximum absolute atomic E-state index is 14.1. The molecule has 1 saturated heterocycles. The number of rotatable bonds is 15. The van der Waals surface area contributed by atoms with E-state index in [1.54, 1.807) is 48.6 Å². The molecule has 1 aliphatic heterocycles. The van der Waals surface area contributed by atoms with Crippen LogP contribution in [0.3, 0.4) is 0 Å². The van der Waals surface area contributed by atoms with Crippen molar-refractivity contribution in [3.05, 3.63) is 175 Å². The first-order valence-corrected chi connectivity index (χ1v) is 23.6. The number of fused-ring (bicyclic) bond motifs is 3. The third-order valence-corrected chi connectivity index (χ3v) is 13.5. The number of aromatic nitrogens is 2. The predicted octanol–water partition coefficient (Wildman–Crippen LogP) is 9.00. The number of halogens is 2. The SMILES string of the molecule is Cc1cc2c(nc(N3CCNCC3)n2Cc2ccc(F)c(Cl)c2)c(-c2ccc(CNC(=O)CCCCCNC(=O)c3ccc(C4=C5C=CC(=O)C=C5Cc5cc(O)ccc54)cc3C(=O)O)cc2)c1C. The number of allylic oxidation sites excluding steroid dienone is 5. The minimum atomic E-state index is -1.25. The number of hydrogen-bond donors (Lipinski definition) is 5. The number of ketones is 1. The summed E-state index contributed by atoms with van der Waals surface area (Å²) in [5.41, 5.74) is 12.3. The average molecular weight is 948 g/mol. The number of benzene rings is 5. The van der Waals surface area contributed by atoms with E-state index in [1.807, 2.05) is 12.1 Å². The smallest absolute Gasteiger partial charge is 0.336 e. The van der Waals surface area contributed by atoms with Gasteiger partial charge in [-0.05, 0) is 149 Å². The first-order chi connectivity index (χ1) is 33.3. The molecule has 1 fully saturated rings. The molecule has 0 saturated carbocycles. The van der Waals surface area contributed by atoms with E-state index < -0.39 is 17.7 Å². The number of unbranched alkanes of at least 4 members (excludes halogenated alkanes) is 2. The van der Waals surface area contributed by atoms with Gasteiger partial charge in [0.05, 0.1) is 33.7 Å². The normalized spacial score (nSPS) is 14.4. The number of carboxylic acid groups (broad SMARTS) is 1. The second-order valence-electron chi connectivity index (χ2n) is 17.9. The summed E-state index contributed by atoms with van der Waals surface area (Å²) in [7, 11) is 0. The van der Waals surface area contributed by atoms with Crippen LogP contribution in [-0.4, -0.2) is 76.1 Å². The number of piperazine rings is 1. The molecule has 5 N–H and O–H groups in total. The van der Waals surface area contributed by atoms with Gasteiger partial charge in [0, 0.05) is 51.3 Å². The standard InChI is InChI=1S/C55H52ClFN6O6/c1-32-24-48-52(61-55(62-22-20-58-21-23-62)63(48)31-35-9-18-47(57)46(56)25-35)50(33(32)2)36-10-7-34(8-11-36)30-60-49(66)6-4-3-5-19-59-53(67)44-15-12-37(29-45(44)54(68)69)51-42-16-13-40(64)27-38(42)26-39-28-41(65)14-17-43(39)51/h7-18,24-25,27-29,58,64H,3-6,19-23,26,30-31H2,1-2H3,(H,59,67)(H,60,66)(H,68,69). The van der Waals surface area contributed by atoms with Crippen molar-refractivity contribution in [2.24, 2.45) is 0 Å². The fourth-order valence-corrected chi connectivity index (χ4v) is 9.74. The second-order valence-corrected chi connectivity index (χ2v) is 18.3. The molecule has 6 aromatic rings. The molecule has 0 unspecified atom stereocenters. The van der Waals surface area contributed by atoms with Crippen molar-refractivity contribution in [3.8, 4) is 16.9 Å². The molecule has 12 nitrogen and oxygen atoms in total. The number of phenolic OH excluding ortho intramolecular Hbond substituents is 1. The molecule has 2 heterocycles. The van der Waals surface area contributed by atoms with E-state index in [9.17, 15) is 33.8 Å². The summed E-state index contributed by atoms with van der Waals surface area (Å²) in [6.45, 7) is 8.68. The van der Waals surface area contributed by atoms with Gasteiger partial charge in [-0.25, -0.2) is 14.2 Å². The lowest BCUT2D eigenvalue weighted by Crippen LogP contribution is -2.44. The second kappa shape index (κ2) is 20.1. The zero-order valence-corrected chi connectivity index (χ0v) is 39.2. The largest absolute Gasteiger partial charge is 0.508 e. The van der Waals surface area contributed by atoms with Crippen LogP contribution in [0.15, 0.2) is 114 Å². The zero-order chi connectivity index (χ0) is 48.3. The molecule has 2 aliphatic carbocycles. The highest BCUT2D eigenvalue weighted by molar-refractivity contribution is 6.30. The number of aryl methyl sites for hydroxylation is 1. The van der Waals surface area contributed by atoms with Crippen LogP contribution in [0.1, 0.15) is 85.3 Å². The molecule has 0 spiro atoms. The highest BCUT2D eigenvalue weighted by Gasteiger charge is 2.28. The van der Waals surface area contributed by atoms with E-state index in [2.05, 4.69) is 57.5 Å². The number of aromatic carboxylic acids is 1. The molecule has 0 bridgehead atoms. The van der Waals surface area contributed by atoms with Gasteiger partial charge in [-0.2, -0.15) is 0 Å². The first-order valence-electron chi connectivity index (χ1n) is 23.2. The van der Waals surface area contributed by atoms with Crippen molar-refractivity contribution in [2.45, 2.75) is 59.0 Å². The van der Waals surface area contributed by atoms with E-state index in [-0.39, 0.29) is 33.6 Å². The highest BCUT2D eigenvalue weighted by Crippen LogP contribution is 2.42. The lowest BCUT2D eigenvalue weighted by molar-refractivity contribution is -0.121. The Balaban J connectivity index is 0.794. The van der Waals surface area contributed by atoms with Crippen molar-refractivity contribution in [3.63, 3.8) is 0 Å². The molecule has 0 atom stereocenters. The van der Waals surface area contributed by atoms with Crippen LogP contribution in [0.4, 0.5) is 10.3 Å². The van der Waals surface area contributed by atoms with Gasteiger partial charge in [-0.1, -0.05) is 66.6 Å². The number of aromatic hydroxyl groups is 1. The summed E-state index contributed by atoms with van der Waals surface area (Å²) in [5, 5.41) is 29.8. The molecule has 9 rings (SSSR count). The Bertz CT molecular complexity index is 3150. The summed E-state index contributed by atoms with van der Waals surface area (Å²) in [5.74, 6) is -1.49. The fraction of sp³-hybridized carbons (Fsp3) is 0.255. The number of nitrogens with one attached hydrogen (secondary N) is 3. The van der Waals surface area contributed by atoms with Crippen LogP contribution in [0.5, 0.6) is 5.75 Å². The molecule has 1 aromatic heterocycles. The van der Waals surface area contributed by atoms with Crippen molar-refractivity contribution in [1.82, 2.24) is 25.5 Å². The molecule has 3 aliphatic rings. The number of hydrogen-bond acceptors (Lipinski definition) is 8. The minimum absolute atomic E-state index is 0.0266. The number of carboxylic acids is 1. The van der Waals surface area contributed by atoms with Crippen LogP contribution in [0.2, 0.25) is 5.02 Å². The van der Waals surface area contributed by atoms with Crippen LogP contribution in [-0.2, 0) is 29.1 Å². The monoisotopic (exact) mass is 946 g/mol. The summed E-state index contributed by atoms with van der Waals surface area (Å²) >= 11 is 6.20. The van der Waals surface area contributed by atoms with Crippen LogP contribution in [0, 0.1) is 19.7 Å². The number of amides is 2. The maximum Gasteiger partial charge on any atom is 0.336 e. The lowest BCUT2D eigenvalue weighted by Gasteiger charge is -2.29. The lowest BCUT2D eigenvalue weighted by atomic mass is 9.77. The Hall–Kier alpha value is -7.35. The Kier molecular flexibility index (Phi) is 13.6. The van der Waals surface area contributed by atoms with E-state index in [4.69, 9.17) is 16.6 Å². The van der Waals surface area contributed by atoms with E-state index in [0.717, 1.165) is 104 Å². The van der Waals surface area contributed by atoms with E-state index in [1.165, 1.54) is 24.3 Å². The van der Waals surface area contributed by atoms with Crippen molar-refractivity contribution in [1.29, 1.82) is 0 Å². The molecule has 2 amide bonds. The van der Waals surface area contributed by atoms with Gasteiger partial charge in [-0.15, -0.1) is 0 Å². The van der Waals surface area contributed by atoms with Gasteiger partial charge in [-0.3, -0.25) is 14.4 Å². The average Bonchev–Trinajstić information content (AvgIpc) is 3.69. The third kappa shape index (κ3) is 9.97. The molecule has 14 heteroatoms. The van der Waals surface area contributed by atoms with Gasteiger partial charge >= 0.3 is 5.97 Å². The number of nitrogens with zero attached hydrogens (tertiary/aromatic N) is 3. The number of anilines is 1. The molecular formula is C55H52ClFN6O6. The molecular weight excluding hydrogens is 895 g/mol. The van der Waals surface area contributed by atoms with Gasteiger partial charge in [0.15, 0.2) is 5.78 Å². The van der Waals surface area contributed by atoms with Crippen molar-refractivity contribution >= 4 is 57.7 Å². The molecule has 352 valence electrons. The van der Waals surface area contributed by atoms with Gasteiger partial charge in [0.25, 0.3) is 5.91 Å². The Morgan fingerprint density at radius 2 is 1.62 bits per heavy atom. The number of carbonyl (C=O) groups is 4. The first kappa shape index (κ1) is 46.7. The van der Waals surface area contributed by atoms with Crippen LogP contribution < -0.4 is 20.9 Å². The predicted molar refractivity (Wildman–Crippen MR) is 266 cm³/mol. The highest BCUT2D eigenvalue weighted by atomic mass is 35.5. The number of imidazole rings is 1.